The molecule has 1 aliphatic carbocycles. The molecule has 2 saturated heterocycles. The molecule has 2 heterocycles. The molecule has 1 saturated carbocycles. The van der Waals surface area contributed by atoms with E-state index in [0.717, 1.165) is 64.8 Å². The molecule has 2 N–H and O–H groups in total. The van der Waals surface area contributed by atoms with E-state index in [9.17, 15) is 9.59 Å². The molecule has 166 valence electrons. The van der Waals surface area contributed by atoms with Gasteiger partial charge in [-0.2, -0.15) is 0 Å². The third kappa shape index (κ3) is 5.34. The van der Waals surface area contributed by atoms with Crippen LogP contribution in [0.15, 0.2) is 30.3 Å². The lowest BCUT2D eigenvalue weighted by Gasteiger charge is -2.33. The summed E-state index contributed by atoms with van der Waals surface area (Å²) in [5, 5.41) is 6.50. The Bertz CT molecular complexity index is 696. The quantitative estimate of drug-likeness (QED) is 0.674. The van der Waals surface area contributed by atoms with Crippen molar-refractivity contribution in [2.75, 3.05) is 39.3 Å². The number of nitrogens with one attached hydrogen (secondary N) is 2. The zero-order chi connectivity index (χ0) is 20.1. The Labute approximate surface area is 186 Å². The highest BCUT2D eigenvalue weighted by Crippen LogP contribution is 2.40. The van der Waals surface area contributed by atoms with Crippen LogP contribution in [0, 0.1) is 5.92 Å². The van der Waals surface area contributed by atoms with Crippen LogP contribution in [-0.2, 0) is 4.79 Å². The highest BCUT2D eigenvalue weighted by molar-refractivity contribution is 5.98. The van der Waals surface area contributed by atoms with E-state index in [0.29, 0.717) is 18.0 Å². The lowest BCUT2D eigenvalue weighted by molar-refractivity contribution is -0.125. The Balaban J connectivity index is 0.00000256. The predicted molar refractivity (Wildman–Crippen MR) is 121 cm³/mol. The van der Waals surface area contributed by atoms with Crippen LogP contribution in [0.4, 0.5) is 0 Å². The summed E-state index contributed by atoms with van der Waals surface area (Å²) in [6.07, 6.45) is 6.29. The summed E-state index contributed by atoms with van der Waals surface area (Å²) in [5.74, 6) is 0.512. The van der Waals surface area contributed by atoms with Gasteiger partial charge in [-0.25, -0.2) is 0 Å². The number of carbonyl (C=O) groups is 2. The number of carbonyl (C=O) groups excluding carboxylic acids is 2. The van der Waals surface area contributed by atoms with E-state index in [-0.39, 0.29) is 36.3 Å². The molecule has 0 bridgehead atoms. The second-order valence-electron chi connectivity index (χ2n) is 8.68. The van der Waals surface area contributed by atoms with E-state index in [1.165, 1.54) is 6.42 Å². The summed E-state index contributed by atoms with van der Waals surface area (Å²) in [6, 6.07) is 9.33. The average Bonchev–Trinajstić information content (AvgIpc) is 3.17. The Morgan fingerprint density at radius 1 is 1.07 bits per heavy atom. The molecule has 1 aromatic rings. The normalized spacial score (nSPS) is 26.5. The van der Waals surface area contributed by atoms with Crippen molar-refractivity contribution in [1.29, 1.82) is 0 Å². The molecule has 4 rings (SSSR count). The number of rotatable bonds is 6. The third-order valence-electron chi connectivity index (χ3n) is 6.81. The Hall–Kier alpha value is -1.63. The number of benzene rings is 1. The zero-order valence-electron chi connectivity index (χ0n) is 17.7. The highest BCUT2D eigenvalue weighted by Gasteiger charge is 2.47. The summed E-state index contributed by atoms with van der Waals surface area (Å²) < 4.78 is 0. The topological polar surface area (TPSA) is 64.7 Å². The van der Waals surface area contributed by atoms with E-state index in [2.05, 4.69) is 15.5 Å². The Morgan fingerprint density at radius 3 is 2.57 bits per heavy atom. The summed E-state index contributed by atoms with van der Waals surface area (Å²) in [6.45, 7) is 5.96. The lowest BCUT2D eigenvalue weighted by atomic mass is 9.84. The van der Waals surface area contributed by atoms with Gasteiger partial charge in [0.1, 0.15) is 6.04 Å². The van der Waals surface area contributed by atoms with E-state index < -0.39 is 0 Å². The van der Waals surface area contributed by atoms with Gasteiger partial charge in [0.05, 0.1) is 0 Å². The van der Waals surface area contributed by atoms with Crippen LogP contribution in [0.5, 0.6) is 0 Å². The fourth-order valence-corrected chi connectivity index (χ4v) is 5.28. The number of hydrogen-bond acceptors (Lipinski definition) is 4. The molecule has 2 amide bonds. The second-order valence-corrected chi connectivity index (χ2v) is 8.68. The molecule has 6 nitrogen and oxygen atoms in total. The summed E-state index contributed by atoms with van der Waals surface area (Å²) in [7, 11) is 0. The van der Waals surface area contributed by atoms with Gasteiger partial charge in [0.2, 0.25) is 5.91 Å². The predicted octanol–water partition coefficient (Wildman–Crippen LogP) is 2.29. The van der Waals surface area contributed by atoms with Crippen molar-refractivity contribution in [3.63, 3.8) is 0 Å². The summed E-state index contributed by atoms with van der Waals surface area (Å²) >= 11 is 0. The van der Waals surface area contributed by atoms with Gasteiger partial charge >= 0.3 is 0 Å². The summed E-state index contributed by atoms with van der Waals surface area (Å²) in [4.78, 5) is 30.7. The van der Waals surface area contributed by atoms with E-state index in [1.54, 1.807) is 0 Å². The Kier molecular flexibility index (Phi) is 8.54. The van der Waals surface area contributed by atoms with Gasteiger partial charge in [-0.3, -0.25) is 9.59 Å². The van der Waals surface area contributed by atoms with Crippen molar-refractivity contribution >= 4 is 24.2 Å². The number of fused-ring (bicyclic) bond motifs is 1. The minimum absolute atomic E-state index is 0. The van der Waals surface area contributed by atoms with Gasteiger partial charge in [-0.05, 0) is 50.3 Å². The van der Waals surface area contributed by atoms with E-state index in [1.807, 2.05) is 35.2 Å². The van der Waals surface area contributed by atoms with Crippen molar-refractivity contribution < 1.29 is 9.59 Å². The molecule has 0 radical (unpaired) electrons. The highest BCUT2D eigenvalue weighted by atomic mass is 35.5. The molecule has 3 fully saturated rings. The first-order valence-electron chi connectivity index (χ1n) is 11.3. The van der Waals surface area contributed by atoms with Gasteiger partial charge in [0.25, 0.3) is 5.91 Å². The third-order valence-corrected chi connectivity index (χ3v) is 6.81. The van der Waals surface area contributed by atoms with Crippen LogP contribution in [0.2, 0.25) is 0 Å². The van der Waals surface area contributed by atoms with Crippen LogP contribution >= 0.6 is 12.4 Å². The number of halogens is 1. The van der Waals surface area contributed by atoms with Gasteiger partial charge in [-0.15, -0.1) is 12.4 Å². The minimum atomic E-state index is -0.324. The molecule has 1 aromatic carbocycles. The van der Waals surface area contributed by atoms with E-state index in [4.69, 9.17) is 0 Å². The molecule has 0 aromatic heterocycles. The maximum atomic E-state index is 13.3. The van der Waals surface area contributed by atoms with Gasteiger partial charge in [-0.1, -0.05) is 31.0 Å². The second kappa shape index (κ2) is 11.1. The SMILES string of the molecule is Cl.O=C(NCCCN1CCNCC1)C1CC2CCCCC2N1C(=O)c1ccccc1. The van der Waals surface area contributed by atoms with Crippen LogP contribution in [0.3, 0.4) is 0 Å². The lowest BCUT2D eigenvalue weighted by Crippen LogP contribution is -2.50. The first-order chi connectivity index (χ1) is 14.2. The first kappa shape index (κ1) is 23.0. The van der Waals surface area contributed by atoms with Crippen molar-refractivity contribution in [3.8, 4) is 0 Å². The largest absolute Gasteiger partial charge is 0.354 e. The van der Waals surface area contributed by atoms with Crippen molar-refractivity contribution in [1.82, 2.24) is 20.4 Å². The monoisotopic (exact) mass is 434 g/mol. The van der Waals surface area contributed by atoms with Crippen molar-refractivity contribution in [2.45, 2.75) is 50.6 Å². The number of amides is 2. The molecule has 0 spiro atoms. The smallest absolute Gasteiger partial charge is 0.254 e. The van der Waals surface area contributed by atoms with Crippen molar-refractivity contribution in [3.05, 3.63) is 35.9 Å². The Morgan fingerprint density at radius 2 is 1.80 bits per heavy atom. The molecule has 3 aliphatic rings. The summed E-state index contributed by atoms with van der Waals surface area (Å²) in [5.41, 5.74) is 0.690. The molecule has 2 aliphatic heterocycles. The number of piperazine rings is 1. The molecular formula is C23H35ClN4O2. The zero-order valence-corrected chi connectivity index (χ0v) is 18.5. The number of hydrogen-bond donors (Lipinski definition) is 2. The van der Waals surface area contributed by atoms with E-state index >= 15 is 0 Å². The van der Waals surface area contributed by atoms with Gasteiger partial charge < -0.3 is 20.4 Å². The van der Waals surface area contributed by atoms with Gasteiger partial charge in [0, 0.05) is 44.3 Å². The first-order valence-corrected chi connectivity index (χ1v) is 11.3. The number of likely N-dealkylation sites (tertiary alicyclic amines) is 1. The standard InChI is InChI=1S/C23H34N4O2.ClH/c28-22(25-11-6-14-26-15-12-24-13-16-26)21-17-19-9-4-5-10-20(19)27(21)23(29)18-7-2-1-3-8-18;/h1-3,7-8,19-21,24H,4-6,9-17H2,(H,25,28);1H. The molecular weight excluding hydrogens is 400 g/mol. The molecule has 3 atom stereocenters. The maximum Gasteiger partial charge on any atom is 0.254 e. The van der Waals surface area contributed by atoms with Crippen LogP contribution < -0.4 is 10.6 Å². The fourth-order valence-electron chi connectivity index (χ4n) is 5.28. The maximum absolute atomic E-state index is 13.3. The minimum Gasteiger partial charge on any atom is -0.354 e. The number of nitrogens with zero attached hydrogens (tertiary/aromatic N) is 2. The fraction of sp³-hybridized carbons (Fsp3) is 0.652. The van der Waals surface area contributed by atoms with Crippen molar-refractivity contribution in [2.24, 2.45) is 5.92 Å². The average molecular weight is 435 g/mol. The van der Waals surface area contributed by atoms with Gasteiger partial charge in [0.15, 0.2) is 0 Å². The molecule has 30 heavy (non-hydrogen) atoms. The molecule has 3 unspecified atom stereocenters. The van der Waals surface area contributed by atoms with Crippen LogP contribution in [-0.4, -0.2) is 73.0 Å². The van der Waals surface area contributed by atoms with Crippen LogP contribution in [0.1, 0.15) is 48.9 Å². The molecule has 7 heteroatoms. The van der Waals surface area contributed by atoms with Crippen LogP contribution in [0.25, 0.3) is 0 Å².